The zero-order chi connectivity index (χ0) is 24.7. The van der Waals surface area contributed by atoms with Crippen molar-refractivity contribution in [2.24, 2.45) is 5.92 Å². The van der Waals surface area contributed by atoms with Crippen molar-refractivity contribution in [2.75, 3.05) is 10.6 Å². The van der Waals surface area contributed by atoms with Crippen molar-refractivity contribution in [3.63, 3.8) is 0 Å². The number of benzene rings is 2. The maximum atomic E-state index is 14.5. The Kier molecular flexibility index (Phi) is 6.38. The first-order valence-corrected chi connectivity index (χ1v) is 12.4. The Morgan fingerprint density at radius 1 is 0.971 bits per heavy atom. The highest BCUT2D eigenvalue weighted by molar-refractivity contribution is 5.93. The molecule has 2 saturated carbocycles. The summed E-state index contributed by atoms with van der Waals surface area (Å²) in [4.78, 5) is 15.8. The van der Waals surface area contributed by atoms with Gasteiger partial charge >= 0.3 is 0 Å². The van der Waals surface area contributed by atoms with Gasteiger partial charge in [0.1, 0.15) is 17.3 Å². The second kappa shape index (κ2) is 9.47. The van der Waals surface area contributed by atoms with Gasteiger partial charge in [-0.05, 0) is 76.5 Å². The minimum absolute atomic E-state index is 0.00128. The van der Waals surface area contributed by atoms with Crippen LogP contribution in [0.15, 0.2) is 30.3 Å². The van der Waals surface area contributed by atoms with Crippen LogP contribution in [0.2, 0.25) is 0 Å². The van der Waals surface area contributed by atoms with Crippen LogP contribution in [-0.4, -0.2) is 23.0 Å². The molecule has 5 nitrogen and oxygen atoms in total. The molecule has 1 aromatic heterocycles. The van der Waals surface area contributed by atoms with E-state index in [1.54, 1.807) is 0 Å². The summed E-state index contributed by atoms with van der Waals surface area (Å²) in [5, 5.41) is 10.4. The van der Waals surface area contributed by atoms with Gasteiger partial charge in [0.05, 0.1) is 0 Å². The van der Waals surface area contributed by atoms with Crippen molar-refractivity contribution < 1.29 is 18.0 Å². The number of rotatable bonds is 7. The van der Waals surface area contributed by atoms with E-state index in [0.717, 1.165) is 60.7 Å². The number of nitrogens with one attached hydrogen (secondary N) is 4. The standard InChI is InChI=1S/C27H31F3N4O/c1-14(2)31-19-9-10-23-20(13-19)24(15-3-5-16(6-4-15)27(35)32-18-7-8-18)26(33-23)34-25-21(29)11-17(28)12-22(25)30/h9-16,18,31,33-34H,3-8H2,1-2H3,(H,32,35). The molecule has 0 spiro atoms. The zero-order valence-electron chi connectivity index (χ0n) is 20.0. The van der Waals surface area contributed by atoms with Gasteiger partial charge in [0.25, 0.3) is 0 Å². The summed E-state index contributed by atoms with van der Waals surface area (Å²) < 4.78 is 42.4. The molecule has 2 fully saturated rings. The third kappa shape index (κ3) is 5.11. The lowest BCUT2D eigenvalue weighted by atomic mass is 9.78. The van der Waals surface area contributed by atoms with Crippen LogP contribution < -0.4 is 16.0 Å². The molecule has 1 amide bonds. The van der Waals surface area contributed by atoms with Crippen LogP contribution in [0.1, 0.15) is 63.9 Å². The van der Waals surface area contributed by atoms with E-state index in [1.807, 2.05) is 12.1 Å². The number of hydrogen-bond donors (Lipinski definition) is 4. The lowest BCUT2D eigenvalue weighted by molar-refractivity contribution is -0.126. The van der Waals surface area contributed by atoms with Gasteiger partial charge in [0.2, 0.25) is 5.91 Å². The number of aromatic amines is 1. The van der Waals surface area contributed by atoms with E-state index in [4.69, 9.17) is 0 Å². The van der Waals surface area contributed by atoms with Gasteiger partial charge in [-0.25, -0.2) is 13.2 Å². The van der Waals surface area contributed by atoms with E-state index in [1.165, 1.54) is 0 Å². The summed E-state index contributed by atoms with van der Waals surface area (Å²) in [5.74, 6) is -2.20. The third-order valence-corrected chi connectivity index (χ3v) is 6.98. The molecule has 0 bridgehead atoms. The molecule has 0 saturated heterocycles. The summed E-state index contributed by atoms with van der Waals surface area (Å²) >= 11 is 0. The van der Waals surface area contributed by atoms with Crippen molar-refractivity contribution in [3.8, 4) is 0 Å². The van der Waals surface area contributed by atoms with Gasteiger partial charge in [0, 0.05) is 52.3 Å². The largest absolute Gasteiger partial charge is 0.383 e. The molecule has 2 aliphatic carbocycles. The van der Waals surface area contributed by atoms with Gasteiger partial charge < -0.3 is 20.9 Å². The Bertz CT molecular complexity index is 1220. The summed E-state index contributed by atoms with van der Waals surface area (Å²) in [7, 11) is 0. The number of hydrogen-bond acceptors (Lipinski definition) is 3. The number of carbonyl (C=O) groups is 1. The van der Waals surface area contributed by atoms with Gasteiger partial charge in [0.15, 0.2) is 11.6 Å². The smallest absolute Gasteiger partial charge is 0.223 e. The van der Waals surface area contributed by atoms with E-state index < -0.39 is 23.1 Å². The van der Waals surface area contributed by atoms with Crippen LogP contribution in [-0.2, 0) is 4.79 Å². The van der Waals surface area contributed by atoms with Crippen molar-refractivity contribution in [1.82, 2.24) is 10.3 Å². The number of fused-ring (bicyclic) bond motifs is 1. The molecule has 35 heavy (non-hydrogen) atoms. The summed E-state index contributed by atoms with van der Waals surface area (Å²) in [5.41, 5.74) is 2.35. The number of aromatic nitrogens is 1. The summed E-state index contributed by atoms with van der Waals surface area (Å²) in [6, 6.07) is 7.89. The third-order valence-electron chi connectivity index (χ3n) is 6.98. The van der Waals surface area contributed by atoms with Crippen molar-refractivity contribution in [1.29, 1.82) is 0 Å². The normalized spacial score (nSPS) is 20.3. The van der Waals surface area contributed by atoms with Crippen LogP contribution in [0.25, 0.3) is 10.9 Å². The van der Waals surface area contributed by atoms with Gasteiger partial charge in [-0.15, -0.1) is 0 Å². The lowest BCUT2D eigenvalue weighted by Crippen LogP contribution is -2.34. The fourth-order valence-electron chi connectivity index (χ4n) is 5.14. The molecule has 186 valence electrons. The fraction of sp³-hybridized carbons (Fsp3) is 0.444. The molecule has 4 N–H and O–H groups in total. The van der Waals surface area contributed by atoms with Crippen LogP contribution in [0, 0.1) is 23.4 Å². The number of amides is 1. The molecular formula is C27H31F3N4O. The second-order valence-electron chi connectivity index (χ2n) is 10.2. The van der Waals surface area contributed by atoms with Crippen LogP contribution in [0.4, 0.5) is 30.4 Å². The Balaban J connectivity index is 1.48. The Labute approximate surface area is 202 Å². The molecule has 8 heteroatoms. The van der Waals surface area contributed by atoms with E-state index in [9.17, 15) is 18.0 Å². The first-order valence-electron chi connectivity index (χ1n) is 12.4. The predicted molar refractivity (Wildman–Crippen MR) is 133 cm³/mol. The highest BCUT2D eigenvalue weighted by Gasteiger charge is 2.33. The molecule has 2 aliphatic rings. The molecule has 0 atom stereocenters. The Morgan fingerprint density at radius 3 is 2.29 bits per heavy atom. The van der Waals surface area contributed by atoms with Crippen molar-refractivity contribution in [3.05, 3.63) is 53.3 Å². The fourth-order valence-corrected chi connectivity index (χ4v) is 5.14. The van der Waals surface area contributed by atoms with Crippen molar-refractivity contribution >= 4 is 34.0 Å². The van der Waals surface area contributed by atoms with Gasteiger partial charge in [-0.3, -0.25) is 4.79 Å². The maximum absolute atomic E-state index is 14.5. The quantitative estimate of drug-likeness (QED) is 0.302. The number of anilines is 3. The van der Waals surface area contributed by atoms with E-state index in [-0.39, 0.29) is 23.8 Å². The molecule has 0 aliphatic heterocycles. The van der Waals surface area contributed by atoms with E-state index in [0.29, 0.717) is 24.0 Å². The number of H-pyrrole nitrogens is 1. The Morgan fingerprint density at radius 2 is 1.66 bits per heavy atom. The topological polar surface area (TPSA) is 69.0 Å². The molecule has 2 aromatic carbocycles. The van der Waals surface area contributed by atoms with Crippen molar-refractivity contribution in [2.45, 2.75) is 70.4 Å². The minimum Gasteiger partial charge on any atom is -0.383 e. The molecule has 5 rings (SSSR count). The summed E-state index contributed by atoms with van der Waals surface area (Å²) in [6.45, 7) is 4.12. The van der Waals surface area contributed by atoms with Crippen LogP contribution >= 0.6 is 0 Å². The molecule has 1 heterocycles. The lowest BCUT2D eigenvalue weighted by Gasteiger charge is -2.28. The average Bonchev–Trinajstić information content (AvgIpc) is 3.54. The van der Waals surface area contributed by atoms with Crippen LogP contribution in [0.3, 0.4) is 0 Å². The second-order valence-corrected chi connectivity index (χ2v) is 10.2. The SMILES string of the molecule is CC(C)Nc1ccc2[nH]c(Nc3c(F)cc(F)cc3F)c(C3CCC(C(=O)NC4CC4)CC3)c2c1. The molecule has 0 radical (unpaired) electrons. The molecule has 3 aromatic rings. The highest BCUT2D eigenvalue weighted by atomic mass is 19.1. The van der Waals surface area contributed by atoms with Gasteiger partial charge in [-0.2, -0.15) is 0 Å². The minimum atomic E-state index is -0.991. The molecule has 0 unspecified atom stereocenters. The maximum Gasteiger partial charge on any atom is 0.223 e. The predicted octanol–water partition coefficient (Wildman–Crippen LogP) is 6.70. The first kappa shape index (κ1) is 23.6. The monoisotopic (exact) mass is 484 g/mol. The van der Waals surface area contributed by atoms with Gasteiger partial charge in [-0.1, -0.05) is 0 Å². The number of halogens is 3. The first-order chi connectivity index (χ1) is 16.8. The van der Waals surface area contributed by atoms with E-state index in [2.05, 4.69) is 40.8 Å². The zero-order valence-corrected chi connectivity index (χ0v) is 20.0. The summed E-state index contributed by atoms with van der Waals surface area (Å²) in [6.07, 6.45) is 5.24. The van der Waals surface area contributed by atoms with E-state index >= 15 is 0 Å². The highest BCUT2D eigenvalue weighted by Crippen LogP contribution is 2.44. The average molecular weight is 485 g/mol. The number of carbonyl (C=O) groups excluding carboxylic acids is 1. The van der Waals surface area contributed by atoms with Crippen LogP contribution in [0.5, 0.6) is 0 Å². The molecular weight excluding hydrogens is 453 g/mol. The Hall–Kier alpha value is -3.16.